The van der Waals surface area contributed by atoms with Gasteiger partial charge in [0.2, 0.25) is 0 Å². The quantitative estimate of drug-likeness (QED) is 0.677. The Morgan fingerprint density at radius 2 is 2.15 bits per heavy atom. The second-order valence-electron chi connectivity index (χ2n) is 4.91. The van der Waals surface area contributed by atoms with Crippen LogP contribution in [0.3, 0.4) is 0 Å². The van der Waals surface area contributed by atoms with Gasteiger partial charge in [0.1, 0.15) is 0 Å². The number of carbonyl (C=O) groups is 1. The van der Waals surface area contributed by atoms with Crippen LogP contribution in [0, 0.1) is 6.92 Å². The minimum Gasteiger partial charge on any atom is -0.396 e. The van der Waals surface area contributed by atoms with E-state index in [2.05, 4.69) is 30.5 Å². The number of urea groups is 1. The van der Waals surface area contributed by atoms with E-state index >= 15 is 0 Å². The molecule has 0 aliphatic heterocycles. The highest BCUT2D eigenvalue weighted by Crippen LogP contribution is 2.24. The van der Waals surface area contributed by atoms with E-state index in [0.29, 0.717) is 18.2 Å². The van der Waals surface area contributed by atoms with E-state index in [1.807, 2.05) is 30.8 Å². The van der Waals surface area contributed by atoms with Gasteiger partial charge in [0, 0.05) is 24.6 Å². The van der Waals surface area contributed by atoms with Gasteiger partial charge in [-0.05, 0) is 35.8 Å². The van der Waals surface area contributed by atoms with Crippen molar-refractivity contribution < 1.29 is 9.90 Å². The van der Waals surface area contributed by atoms with Gasteiger partial charge >= 0.3 is 6.03 Å². The molecule has 4 nitrogen and oxygen atoms in total. The fraction of sp³-hybridized carbons (Fsp3) is 0.533. The summed E-state index contributed by atoms with van der Waals surface area (Å²) in [5, 5.41) is 14.8. The molecule has 0 heterocycles. The zero-order chi connectivity index (χ0) is 15.0. The Morgan fingerprint density at radius 1 is 1.40 bits per heavy atom. The van der Waals surface area contributed by atoms with Gasteiger partial charge in [0.15, 0.2) is 0 Å². The Kier molecular flexibility index (Phi) is 7.47. The molecule has 0 bridgehead atoms. The largest absolute Gasteiger partial charge is 0.396 e. The van der Waals surface area contributed by atoms with Gasteiger partial charge in [-0.1, -0.05) is 26.0 Å². The van der Waals surface area contributed by atoms with Gasteiger partial charge in [-0.15, -0.1) is 0 Å². The molecule has 5 heteroatoms. The smallest absolute Gasteiger partial charge is 0.319 e. The normalized spacial score (nSPS) is 10.7. The maximum atomic E-state index is 11.7. The zero-order valence-corrected chi connectivity index (χ0v) is 13.2. The number of aliphatic hydroxyl groups excluding tert-OH is 1. The highest BCUT2D eigenvalue weighted by molar-refractivity contribution is 7.99. The Morgan fingerprint density at radius 3 is 2.80 bits per heavy atom. The SMILES string of the molecule is Cc1c(CSC(C)C)cccc1NC(=O)NCCCO. The first-order valence-electron chi connectivity index (χ1n) is 6.90. The van der Waals surface area contributed by atoms with Crippen LogP contribution in [0.1, 0.15) is 31.4 Å². The number of hydrogen-bond donors (Lipinski definition) is 3. The number of hydrogen-bond acceptors (Lipinski definition) is 3. The van der Waals surface area contributed by atoms with Gasteiger partial charge in [0.05, 0.1) is 0 Å². The maximum Gasteiger partial charge on any atom is 0.319 e. The average molecular weight is 296 g/mol. The van der Waals surface area contributed by atoms with E-state index in [1.165, 1.54) is 5.56 Å². The van der Waals surface area contributed by atoms with E-state index in [-0.39, 0.29) is 12.6 Å². The first-order valence-corrected chi connectivity index (χ1v) is 7.95. The molecule has 0 saturated carbocycles. The number of nitrogens with one attached hydrogen (secondary N) is 2. The Bertz CT molecular complexity index is 436. The molecule has 1 rings (SSSR count). The van der Waals surface area contributed by atoms with Crippen molar-refractivity contribution in [1.29, 1.82) is 0 Å². The Hall–Kier alpha value is -1.20. The second kappa shape index (κ2) is 8.87. The molecule has 0 aliphatic carbocycles. The van der Waals surface area contributed by atoms with Crippen LogP contribution in [0.4, 0.5) is 10.5 Å². The van der Waals surface area contributed by atoms with Crippen molar-refractivity contribution in [3.63, 3.8) is 0 Å². The summed E-state index contributed by atoms with van der Waals surface area (Å²) >= 11 is 1.89. The Labute approximate surface area is 125 Å². The highest BCUT2D eigenvalue weighted by Gasteiger charge is 2.07. The Balaban J connectivity index is 2.61. The standard InChI is InChI=1S/C15H24N2O2S/c1-11(2)20-10-13-6-4-7-14(12(13)3)17-15(19)16-8-5-9-18/h4,6-7,11,18H,5,8-10H2,1-3H3,(H2,16,17,19). The lowest BCUT2D eigenvalue weighted by atomic mass is 10.1. The van der Waals surface area contributed by atoms with E-state index < -0.39 is 0 Å². The molecular weight excluding hydrogens is 272 g/mol. The molecule has 0 aliphatic rings. The topological polar surface area (TPSA) is 61.4 Å². The summed E-state index contributed by atoms with van der Waals surface area (Å²) in [5.74, 6) is 0.950. The summed E-state index contributed by atoms with van der Waals surface area (Å²) in [6.07, 6.45) is 0.567. The van der Waals surface area contributed by atoms with Crippen molar-refractivity contribution in [1.82, 2.24) is 5.32 Å². The van der Waals surface area contributed by atoms with E-state index in [4.69, 9.17) is 5.11 Å². The molecule has 0 radical (unpaired) electrons. The molecule has 0 saturated heterocycles. The van der Waals surface area contributed by atoms with Crippen LogP contribution in [-0.4, -0.2) is 29.5 Å². The van der Waals surface area contributed by atoms with Crippen molar-refractivity contribution in [2.24, 2.45) is 0 Å². The molecule has 0 unspecified atom stereocenters. The minimum absolute atomic E-state index is 0.0845. The monoisotopic (exact) mass is 296 g/mol. The molecule has 20 heavy (non-hydrogen) atoms. The molecule has 1 aromatic carbocycles. The van der Waals surface area contributed by atoms with Gasteiger partial charge in [-0.25, -0.2) is 4.79 Å². The fourth-order valence-electron chi connectivity index (χ4n) is 1.68. The lowest BCUT2D eigenvalue weighted by Gasteiger charge is -2.13. The lowest BCUT2D eigenvalue weighted by Crippen LogP contribution is -2.30. The third-order valence-corrected chi connectivity index (χ3v) is 4.03. The molecular formula is C15H24N2O2S. The molecule has 112 valence electrons. The minimum atomic E-state index is -0.227. The summed E-state index contributed by atoms with van der Waals surface area (Å²) in [7, 11) is 0. The van der Waals surface area contributed by atoms with Crippen LogP contribution in [0.15, 0.2) is 18.2 Å². The average Bonchev–Trinajstić information content (AvgIpc) is 2.40. The number of amides is 2. The number of thioether (sulfide) groups is 1. The summed E-state index contributed by atoms with van der Waals surface area (Å²) < 4.78 is 0. The lowest BCUT2D eigenvalue weighted by molar-refractivity contribution is 0.249. The van der Waals surface area contributed by atoms with Crippen LogP contribution in [0.2, 0.25) is 0 Å². The molecule has 0 aromatic heterocycles. The molecule has 0 atom stereocenters. The van der Waals surface area contributed by atoms with Gasteiger partial charge < -0.3 is 15.7 Å². The summed E-state index contributed by atoms with van der Waals surface area (Å²) in [6, 6.07) is 5.74. The first-order chi connectivity index (χ1) is 9.54. The van der Waals surface area contributed by atoms with Crippen LogP contribution in [0.25, 0.3) is 0 Å². The summed E-state index contributed by atoms with van der Waals surface area (Å²) in [6.45, 7) is 6.94. The van der Waals surface area contributed by atoms with E-state index in [1.54, 1.807) is 0 Å². The van der Waals surface area contributed by atoms with Crippen molar-refractivity contribution in [2.75, 3.05) is 18.5 Å². The number of aliphatic hydroxyl groups is 1. The number of benzene rings is 1. The molecule has 2 amide bonds. The van der Waals surface area contributed by atoms with Gasteiger partial charge in [-0.3, -0.25) is 0 Å². The van der Waals surface area contributed by atoms with Crippen LogP contribution in [-0.2, 0) is 5.75 Å². The van der Waals surface area contributed by atoms with Crippen LogP contribution in [0.5, 0.6) is 0 Å². The summed E-state index contributed by atoms with van der Waals surface area (Å²) in [4.78, 5) is 11.7. The van der Waals surface area contributed by atoms with Crippen molar-refractivity contribution in [3.8, 4) is 0 Å². The third kappa shape index (κ3) is 5.84. The fourth-order valence-corrected chi connectivity index (χ4v) is 2.50. The molecule has 0 spiro atoms. The summed E-state index contributed by atoms with van der Waals surface area (Å²) in [5.41, 5.74) is 3.20. The van der Waals surface area contributed by atoms with E-state index in [0.717, 1.165) is 17.0 Å². The third-order valence-electron chi connectivity index (χ3n) is 2.89. The van der Waals surface area contributed by atoms with Crippen molar-refractivity contribution in [2.45, 2.75) is 38.2 Å². The molecule has 1 aromatic rings. The van der Waals surface area contributed by atoms with Crippen LogP contribution >= 0.6 is 11.8 Å². The van der Waals surface area contributed by atoms with Crippen molar-refractivity contribution in [3.05, 3.63) is 29.3 Å². The van der Waals surface area contributed by atoms with Crippen molar-refractivity contribution >= 4 is 23.5 Å². The van der Waals surface area contributed by atoms with Gasteiger partial charge in [-0.2, -0.15) is 11.8 Å². The highest BCUT2D eigenvalue weighted by atomic mass is 32.2. The van der Waals surface area contributed by atoms with Gasteiger partial charge in [0.25, 0.3) is 0 Å². The first kappa shape index (κ1) is 16.9. The number of anilines is 1. The maximum absolute atomic E-state index is 11.7. The van der Waals surface area contributed by atoms with Crippen LogP contribution < -0.4 is 10.6 Å². The second-order valence-corrected chi connectivity index (χ2v) is 6.47. The zero-order valence-electron chi connectivity index (χ0n) is 12.4. The number of carbonyl (C=O) groups excluding carboxylic acids is 1. The predicted molar refractivity (Wildman–Crippen MR) is 86.3 cm³/mol. The number of rotatable bonds is 7. The molecule has 0 fully saturated rings. The molecule has 3 N–H and O–H groups in total. The predicted octanol–water partition coefficient (Wildman–Crippen LogP) is 3.14. The van der Waals surface area contributed by atoms with E-state index in [9.17, 15) is 4.79 Å².